The minimum absolute atomic E-state index is 0.683. The molecule has 1 aliphatic carbocycles. The van der Waals surface area contributed by atoms with Crippen LogP contribution >= 0.6 is 11.3 Å². The number of nitrogens with two attached hydrogens (primary N) is 1. The van der Waals surface area contributed by atoms with Crippen molar-refractivity contribution in [2.75, 3.05) is 6.54 Å². The van der Waals surface area contributed by atoms with Gasteiger partial charge in [-0.25, -0.2) is 4.98 Å². The van der Waals surface area contributed by atoms with Crippen LogP contribution in [0, 0.1) is 0 Å². The molecule has 0 saturated carbocycles. The topological polar surface area (TPSA) is 38.9 Å². The van der Waals surface area contributed by atoms with Crippen LogP contribution in [-0.4, -0.2) is 11.5 Å². The molecule has 0 radical (unpaired) electrons. The summed E-state index contributed by atoms with van der Waals surface area (Å²) in [5, 5.41) is 3.34. The van der Waals surface area contributed by atoms with Crippen molar-refractivity contribution in [1.29, 1.82) is 0 Å². The molecule has 1 aliphatic rings. The summed E-state index contributed by atoms with van der Waals surface area (Å²) in [7, 11) is 0. The van der Waals surface area contributed by atoms with Crippen LogP contribution in [-0.2, 0) is 25.7 Å². The smallest absolute Gasteiger partial charge is 0.0972 e. The zero-order chi connectivity index (χ0) is 12.4. The quantitative estimate of drug-likeness (QED) is 0.916. The van der Waals surface area contributed by atoms with Crippen molar-refractivity contribution in [2.24, 2.45) is 5.73 Å². The molecule has 94 valence electrons. The van der Waals surface area contributed by atoms with E-state index in [-0.39, 0.29) is 0 Å². The molecular formula is C15H18N2S. The largest absolute Gasteiger partial charge is 0.330 e. The highest BCUT2D eigenvalue weighted by atomic mass is 32.1. The third kappa shape index (κ3) is 2.47. The molecule has 0 unspecified atom stereocenters. The van der Waals surface area contributed by atoms with E-state index in [0.717, 1.165) is 18.5 Å². The van der Waals surface area contributed by atoms with E-state index in [1.54, 1.807) is 22.5 Å². The van der Waals surface area contributed by atoms with Crippen molar-refractivity contribution in [3.63, 3.8) is 0 Å². The molecule has 2 aromatic rings. The lowest BCUT2D eigenvalue weighted by molar-refractivity contribution is 0.911. The minimum Gasteiger partial charge on any atom is -0.330 e. The molecule has 0 aliphatic heterocycles. The monoisotopic (exact) mass is 258 g/mol. The van der Waals surface area contributed by atoms with Gasteiger partial charge in [0.1, 0.15) is 0 Å². The van der Waals surface area contributed by atoms with Crippen LogP contribution in [0.1, 0.15) is 33.8 Å². The molecule has 3 rings (SSSR count). The summed E-state index contributed by atoms with van der Waals surface area (Å²) in [6.07, 6.45) is 5.67. The van der Waals surface area contributed by atoms with Crippen molar-refractivity contribution in [3.8, 4) is 0 Å². The zero-order valence-corrected chi connectivity index (χ0v) is 11.3. The molecular weight excluding hydrogens is 240 g/mol. The summed E-state index contributed by atoms with van der Waals surface area (Å²) in [5.74, 6) is 0. The fraction of sp³-hybridized carbons (Fsp3) is 0.400. The summed E-state index contributed by atoms with van der Waals surface area (Å²) >= 11 is 1.75. The molecule has 2 N–H and O–H groups in total. The Morgan fingerprint density at radius 1 is 1.22 bits per heavy atom. The van der Waals surface area contributed by atoms with Gasteiger partial charge >= 0.3 is 0 Å². The van der Waals surface area contributed by atoms with Gasteiger partial charge in [0.25, 0.3) is 0 Å². The lowest BCUT2D eigenvalue weighted by Crippen LogP contribution is -2.02. The van der Waals surface area contributed by atoms with Crippen LogP contribution in [0.15, 0.2) is 23.6 Å². The van der Waals surface area contributed by atoms with Crippen LogP contribution in [0.3, 0.4) is 0 Å². The second-order valence-electron chi connectivity index (χ2n) is 4.90. The van der Waals surface area contributed by atoms with Gasteiger partial charge in [0, 0.05) is 18.2 Å². The Labute approximate surface area is 112 Å². The second-order valence-corrected chi connectivity index (χ2v) is 5.85. The number of rotatable bonds is 4. The van der Waals surface area contributed by atoms with Crippen LogP contribution in [0.2, 0.25) is 0 Å². The van der Waals surface area contributed by atoms with Gasteiger partial charge in [0.15, 0.2) is 0 Å². The molecule has 1 aromatic heterocycles. The van der Waals surface area contributed by atoms with Gasteiger partial charge in [-0.2, -0.15) is 0 Å². The first-order valence-corrected chi connectivity index (χ1v) is 7.47. The Hall–Kier alpha value is -1.19. The van der Waals surface area contributed by atoms with Gasteiger partial charge in [-0.15, -0.1) is 11.3 Å². The maximum absolute atomic E-state index is 5.55. The van der Waals surface area contributed by atoms with Crippen LogP contribution in [0.5, 0.6) is 0 Å². The molecule has 0 saturated heterocycles. The van der Waals surface area contributed by atoms with Crippen molar-refractivity contribution >= 4 is 11.3 Å². The normalized spacial score (nSPS) is 13.8. The number of aryl methyl sites for hydroxylation is 2. The molecule has 1 aromatic carbocycles. The van der Waals surface area contributed by atoms with Crippen LogP contribution in [0.25, 0.3) is 0 Å². The lowest BCUT2D eigenvalue weighted by atomic mass is 10.0. The fourth-order valence-electron chi connectivity index (χ4n) is 2.60. The van der Waals surface area contributed by atoms with Crippen LogP contribution < -0.4 is 5.73 Å². The molecule has 0 fully saturated rings. The summed E-state index contributed by atoms with van der Waals surface area (Å²) in [4.78, 5) is 4.63. The molecule has 0 bridgehead atoms. The minimum atomic E-state index is 0.683. The van der Waals surface area contributed by atoms with Gasteiger partial charge in [-0.05, 0) is 42.5 Å². The number of thiazole rings is 1. The van der Waals surface area contributed by atoms with E-state index in [1.807, 2.05) is 0 Å². The molecule has 3 heteroatoms. The third-order valence-corrected chi connectivity index (χ3v) is 4.42. The average molecular weight is 258 g/mol. The SMILES string of the molecule is NCCc1csc(Cc2ccc3c(c2)CCC3)n1. The average Bonchev–Trinajstić information content (AvgIpc) is 2.98. The number of benzene rings is 1. The van der Waals surface area contributed by atoms with E-state index in [0.29, 0.717) is 6.54 Å². The summed E-state index contributed by atoms with van der Waals surface area (Å²) in [5.41, 5.74) is 11.2. The van der Waals surface area contributed by atoms with Crippen LogP contribution in [0.4, 0.5) is 0 Å². The first kappa shape index (κ1) is 11.9. The number of hydrogen-bond acceptors (Lipinski definition) is 3. The maximum Gasteiger partial charge on any atom is 0.0972 e. The van der Waals surface area contributed by atoms with E-state index in [2.05, 4.69) is 28.6 Å². The van der Waals surface area contributed by atoms with Crippen molar-refractivity contribution in [1.82, 2.24) is 4.98 Å². The predicted octanol–water partition coefficient (Wildman–Crippen LogP) is 2.72. The molecule has 1 heterocycles. The fourth-order valence-corrected chi connectivity index (χ4v) is 3.47. The standard InChI is InChI=1S/C15H18N2S/c16-7-6-14-10-18-15(17-14)9-11-4-5-12-2-1-3-13(12)8-11/h4-5,8,10H,1-3,6-7,9,16H2. The number of hydrogen-bond donors (Lipinski definition) is 1. The third-order valence-electron chi connectivity index (χ3n) is 3.52. The van der Waals surface area contributed by atoms with E-state index in [9.17, 15) is 0 Å². The number of fused-ring (bicyclic) bond motifs is 1. The Balaban J connectivity index is 1.75. The van der Waals surface area contributed by atoms with Gasteiger partial charge in [0.2, 0.25) is 0 Å². The van der Waals surface area contributed by atoms with Gasteiger partial charge in [0.05, 0.1) is 10.7 Å². The first-order valence-electron chi connectivity index (χ1n) is 6.59. The Bertz CT molecular complexity index is 545. The maximum atomic E-state index is 5.55. The Morgan fingerprint density at radius 3 is 3.00 bits per heavy atom. The number of nitrogens with zero attached hydrogens (tertiary/aromatic N) is 1. The van der Waals surface area contributed by atoms with E-state index >= 15 is 0 Å². The Morgan fingerprint density at radius 2 is 2.11 bits per heavy atom. The van der Waals surface area contributed by atoms with Crippen molar-refractivity contribution in [2.45, 2.75) is 32.1 Å². The highest BCUT2D eigenvalue weighted by molar-refractivity contribution is 7.09. The predicted molar refractivity (Wildman–Crippen MR) is 76.1 cm³/mol. The highest BCUT2D eigenvalue weighted by Crippen LogP contribution is 2.24. The van der Waals surface area contributed by atoms with Gasteiger partial charge in [-0.3, -0.25) is 0 Å². The number of aromatic nitrogens is 1. The van der Waals surface area contributed by atoms with Gasteiger partial charge < -0.3 is 5.73 Å². The zero-order valence-electron chi connectivity index (χ0n) is 10.5. The summed E-state index contributed by atoms with van der Waals surface area (Å²) < 4.78 is 0. The first-order chi connectivity index (χ1) is 8.85. The summed E-state index contributed by atoms with van der Waals surface area (Å²) in [6.45, 7) is 0.683. The van der Waals surface area contributed by atoms with E-state index in [4.69, 9.17) is 5.73 Å². The Kier molecular flexibility index (Phi) is 3.43. The van der Waals surface area contributed by atoms with Crippen molar-refractivity contribution < 1.29 is 0 Å². The van der Waals surface area contributed by atoms with Gasteiger partial charge in [-0.1, -0.05) is 18.2 Å². The molecule has 2 nitrogen and oxygen atoms in total. The lowest BCUT2D eigenvalue weighted by Gasteiger charge is -2.03. The molecule has 18 heavy (non-hydrogen) atoms. The highest BCUT2D eigenvalue weighted by Gasteiger charge is 2.11. The molecule has 0 spiro atoms. The molecule has 0 atom stereocenters. The van der Waals surface area contributed by atoms with E-state index < -0.39 is 0 Å². The second kappa shape index (κ2) is 5.21. The molecule has 0 amide bonds. The van der Waals surface area contributed by atoms with E-state index in [1.165, 1.54) is 29.8 Å². The summed E-state index contributed by atoms with van der Waals surface area (Å²) in [6, 6.07) is 6.92. The van der Waals surface area contributed by atoms with Crippen molar-refractivity contribution in [3.05, 3.63) is 51.0 Å².